The molecule has 3 amide bonds. The molecule has 3 aliphatic heterocycles. The van der Waals surface area contributed by atoms with Crippen molar-refractivity contribution in [1.29, 1.82) is 0 Å². The SMILES string of the molecule is Cn1cc(O)c(=O)c2cccc(C(=O)NCC[N+]3(CC4=C(C(=O)O)N5C(=O)C(NC(=O)C(=NOC(C)(C)C(=O)O)c6csc(N)n6)C5(C)SC4)CCCC3)c21. The maximum absolute atomic E-state index is 13.8. The number of amides is 3. The Hall–Kier alpha value is -5.47. The first kappa shape index (κ1) is 39.2. The minimum atomic E-state index is -1.80. The number of likely N-dealkylation sites (tertiary alicyclic amines) is 1. The molecule has 0 radical (unpaired) electrons. The molecule has 292 valence electrons. The predicted molar refractivity (Wildman–Crippen MR) is 202 cm³/mol. The molecule has 18 nitrogen and oxygen atoms in total. The number of thiazole rings is 1. The highest BCUT2D eigenvalue weighted by Crippen LogP contribution is 2.50. The van der Waals surface area contributed by atoms with Gasteiger partial charge in [0.1, 0.15) is 28.8 Å². The minimum Gasteiger partial charge on any atom is -0.503 e. The van der Waals surface area contributed by atoms with Crippen LogP contribution in [0.3, 0.4) is 0 Å². The summed E-state index contributed by atoms with van der Waals surface area (Å²) in [6, 6.07) is 3.56. The highest BCUT2D eigenvalue weighted by atomic mass is 32.2. The Morgan fingerprint density at radius 1 is 1.18 bits per heavy atom. The monoisotopic (exact) mass is 797 g/mol. The quantitative estimate of drug-likeness (QED) is 0.0613. The Labute approximate surface area is 322 Å². The van der Waals surface area contributed by atoms with Crippen molar-refractivity contribution < 1.29 is 48.6 Å². The van der Waals surface area contributed by atoms with Crippen molar-refractivity contribution in [2.75, 3.05) is 44.2 Å². The molecule has 2 fully saturated rings. The number of carboxylic acids is 2. The van der Waals surface area contributed by atoms with Gasteiger partial charge in [0.25, 0.3) is 17.7 Å². The van der Waals surface area contributed by atoms with Crippen molar-refractivity contribution >= 4 is 74.5 Å². The summed E-state index contributed by atoms with van der Waals surface area (Å²) in [5.74, 6) is -4.76. The average molecular weight is 798 g/mol. The molecular formula is C35H41N8O10S2+. The number of para-hydroxylation sites is 1. The first-order chi connectivity index (χ1) is 25.9. The lowest BCUT2D eigenvalue weighted by Crippen LogP contribution is -2.78. The lowest BCUT2D eigenvalue weighted by Gasteiger charge is -2.57. The van der Waals surface area contributed by atoms with Crippen molar-refractivity contribution in [3.63, 3.8) is 0 Å². The van der Waals surface area contributed by atoms with Crippen LogP contribution in [0.5, 0.6) is 5.75 Å². The average Bonchev–Trinajstić information content (AvgIpc) is 3.78. The molecule has 55 heavy (non-hydrogen) atoms. The smallest absolute Gasteiger partial charge is 0.352 e. The van der Waals surface area contributed by atoms with Crippen LogP contribution in [-0.2, 0) is 31.1 Å². The molecule has 5 heterocycles. The summed E-state index contributed by atoms with van der Waals surface area (Å²) in [5.41, 5.74) is 4.02. The number of aromatic hydroxyl groups is 1. The number of nitrogen functional groups attached to an aromatic ring is 1. The molecule has 0 aliphatic carbocycles. The molecule has 7 N–H and O–H groups in total. The van der Waals surface area contributed by atoms with E-state index < -0.39 is 63.1 Å². The molecule has 1 aromatic carbocycles. The van der Waals surface area contributed by atoms with Gasteiger partial charge >= 0.3 is 11.9 Å². The van der Waals surface area contributed by atoms with Gasteiger partial charge in [-0.05, 0) is 32.9 Å². The number of aromatic nitrogens is 2. The normalized spacial score (nSPS) is 20.9. The topological polar surface area (TPSA) is 256 Å². The number of nitrogens with zero attached hydrogens (tertiary/aromatic N) is 5. The first-order valence-corrected chi connectivity index (χ1v) is 19.2. The lowest BCUT2D eigenvalue weighted by atomic mass is 9.92. The largest absolute Gasteiger partial charge is 0.503 e. The molecule has 3 aliphatic rings. The van der Waals surface area contributed by atoms with Crippen LogP contribution in [0.1, 0.15) is 49.7 Å². The fraction of sp³-hybridized carbons (Fsp3) is 0.429. The van der Waals surface area contributed by atoms with Crippen LogP contribution in [-0.4, -0.2) is 125 Å². The van der Waals surface area contributed by atoms with E-state index in [1.807, 2.05) is 0 Å². The number of pyridine rings is 1. The number of benzene rings is 1. The molecule has 2 aromatic heterocycles. The van der Waals surface area contributed by atoms with Gasteiger partial charge in [-0.25, -0.2) is 14.6 Å². The molecule has 2 atom stereocenters. The van der Waals surface area contributed by atoms with E-state index in [4.69, 9.17) is 10.6 Å². The fourth-order valence-corrected chi connectivity index (χ4v) is 9.13. The van der Waals surface area contributed by atoms with E-state index >= 15 is 0 Å². The number of aliphatic carboxylic acids is 2. The van der Waals surface area contributed by atoms with Crippen molar-refractivity contribution in [2.24, 2.45) is 12.2 Å². The minimum absolute atomic E-state index is 0.00139. The van der Waals surface area contributed by atoms with Gasteiger partial charge in [-0.15, -0.1) is 23.1 Å². The number of nitrogens with one attached hydrogen (secondary N) is 2. The maximum atomic E-state index is 13.8. The van der Waals surface area contributed by atoms with Crippen LogP contribution in [0.25, 0.3) is 10.9 Å². The number of carboxylic acid groups (broad SMARTS) is 2. The van der Waals surface area contributed by atoms with Crippen LogP contribution in [0.4, 0.5) is 5.13 Å². The number of carbonyl (C=O) groups is 5. The zero-order valence-electron chi connectivity index (χ0n) is 30.5. The number of quaternary nitrogens is 1. The van der Waals surface area contributed by atoms with Crippen molar-refractivity contribution in [1.82, 2.24) is 25.1 Å². The number of oxime groups is 1. The summed E-state index contributed by atoms with van der Waals surface area (Å²) < 4.78 is 2.01. The van der Waals surface area contributed by atoms with Gasteiger partial charge in [0, 0.05) is 36.6 Å². The second kappa shape index (κ2) is 14.6. The zero-order chi connectivity index (χ0) is 40.0. The zero-order valence-corrected chi connectivity index (χ0v) is 32.1. The maximum Gasteiger partial charge on any atom is 0.352 e. The van der Waals surface area contributed by atoms with E-state index in [2.05, 4.69) is 20.8 Å². The standard InChI is InChI=1S/C35H40N8O10S2/c1-34(2,32(51)52)53-40-23(21-17-54-33(36)38-21)29(47)39-27-30(48)42-24(31(49)50)18(16-55-35(27,42)3)15-43(11-5-6-12-43)13-10-37-28(46)20-9-7-8-19-25(20)41(4)14-22(44)26(19)45/h7-9,14,17,27H,5-6,10-13,15-16H2,1-4H3,(H6-,36,37,38,39,44,46,47,49,50,51,52)/p+1. The van der Waals surface area contributed by atoms with Crippen LogP contribution in [0, 0.1) is 0 Å². The van der Waals surface area contributed by atoms with Crippen LogP contribution >= 0.6 is 23.1 Å². The van der Waals surface area contributed by atoms with E-state index in [1.165, 1.54) is 46.7 Å². The van der Waals surface area contributed by atoms with Gasteiger partial charge in [0.2, 0.25) is 11.0 Å². The first-order valence-electron chi connectivity index (χ1n) is 17.3. The second-order valence-electron chi connectivity index (χ2n) is 14.4. The van der Waals surface area contributed by atoms with Gasteiger partial charge in [-0.3, -0.25) is 24.1 Å². The fourth-order valence-electron chi connectivity index (χ4n) is 7.25. The third kappa shape index (κ3) is 7.23. The number of hydrogen-bond donors (Lipinski definition) is 6. The van der Waals surface area contributed by atoms with E-state index in [-0.39, 0.29) is 39.8 Å². The summed E-state index contributed by atoms with van der Waals surface area (Å²) in [7, 11) is 1.63. The Kier molecular flexibility index (Phi) is 10.4. The van der Waals surface area contributed by atoms with Gasteiger partial charge in [0.05, 0.1) is 48.8 Å². The molecule has 20 heteroatoms. The molecule has 6 rings (SSSR count). The highest BCUT2D eigenvalue weighted by Gasteiger charge is 2.63. The third-order valence-electron chi connectivity index (χ3n) is 10.2. The summed E-state index contributed by atoms with van der Waals surface area (Å²) in [6.07, 6.45) is 3.04. The Morgan fingerprint density at radius 3 is 2.53 bits per heavy atom. The third-order valence-corrected chi connectivity index (χ3v) is 12.4. The number of carbonyl (C=O) groups excluding carboxylic acids is 3. The molecule has 0 saturated carbocycles. The molecule has 2 unspecified atom stereocenters. The number of fused-ring (bicyclic) bond motifs is 2. The summed E-state index contributed by atoms with van der Waals surface area (Å²) in [4.78, 5) is 87.0. The van der Waals surface area contributed by atoms with Crippen LogP contribution in [0.2, 0.25) is 0 Å². The summed E-state index contributed by atoms with van der Waals surface area (Å²) >= 11 is 2.32. The number of rotatable bonds is 13. The second-order valence-corrected chi connectivity index (χ2v) is 16.7. The number of thioether (sulfide) groups is 1. The van der Waals surface area contributed by atoms with Gasteiger partial charge in [-0.2, -0.15) is 0 Å². The lowest BCUT2D eigenvalue weighted by molar-refractivity contribution is -0.911. The van der Waals surface area contributed by atoms with Gasteiger partial charge in [-0.1, -0.05) is 11.2 Å². The molecule has 2 saturated heterocycles. The van der Waals surface area contributed by atoms with Crippen molar-refractivity contribution in [3.8, 4) is 5.75 Å². The van der Waals surface area contributed by atoms with Crippen molar-refractivity contribution in [3.05, 3.63) is 62.5 Å². The van der Waals surface area contributed by atoms with E-state index in [9.17, 15) is 44.1 Å². The number of hydrogen-bond acceptors (Lipinski definition) is 13. The molecule has 0 spiro atoms. The predicted octanol–water partition coefficient (Wildman–Crippen LogP) is 1.04. The number of anilines is 1. The number of nitrogens with two attached hydrogens (primary N) is 1. The van der Waals surface area contributed by atoms with Gasteiger partial charge in [0.15, 0.2) is 16.6 Å². The Morgan fingerprint density at radius 2 is 1.89 bits per heavy atom. The van der Waals surface area contributed by atoms with Crippen LogP contribution in [0.15, 0.2) is 51.0 Å². The van der Waals surface area contributed by atoms with Crippen LogP contribution < -0.4 is 21.8 Å². The van der Waals surface area contributed by atoms with E-state index in [1.54, 1.807) is 32.2 Å². The van der Waals surface area contributed by atoms with Gasteiger partial charge < -0.3 is 45.6 Å². The number of β-lactam (4-membered cyclic amide) rings is 1. The van der Waals surface area contributed by atoms with Crippen molar-refractivity contribution in [2.45, 2.75) is 50.1 Å². The molecule has 0 bridgehead atoms. The number of aryl methyl sites for hydroxylation is 1. The summed E-state index contributed by atoms with van der Waals surface area (Å²) in [6.45, 7) is 6.65. The van der Waals surface area contributed by atoms with E-state index in [0.717, 1.165) is 37.3 Å². The Bertz CT molecular complexity index is 2240. The Balaban J connectivity index is 1.19. The summed E-state index contributed by atoms with van der Waals surface area (Å²) in [5, 5.41) is 41.0. The molecule has 3 aromatic rings. The van der Waals surface area contributed by atoms with E-state index in [0.29, 0.717) is 28.7 Å². The molecular weight excluding hydrogens is 757 g/mol. The highest BCUT2D eigenvalue weighted by molar-refractivity contribution is 8.01.